The van der Waals surface area contributed by atoms with Gasteiger partial charge in [-0.25, -0.2) is 0 Å². The molecule has 0 atom stereocenters. The third kappa shape index (κ3) is 5.11. The largest absolute Gasteiger partial charge is 0.458 e. The fourth-order valence-corrected chi connectivity index (χ4v) is 11.9. The number of fused-ring (bicyclic) bond motifs is 11. The second-order valence-corrected chi connectivity index (χ2v) is 18.0. The molecule has 1 aromatic heterocycles. The standard InChI is InChI=1S/C60H38B2N4O/c1-5-19-39(20-6-1)63-49-29-15-13-27-43(49)44-35-46-55(37-54(44)63)65(41-23-9-3-10-24-41)51-31-17-32-52-59(51)62(46)47-36-48-58(38-56(47)66(52)42-25-11-4-12-26-42)67-57-34-18-33-53-60(57)61(48)45-28-14-16-30-50(45)64(53)40-21-7-2-8-22-40/h1-38H. The fraction of sp³-hybridized carbons (Fsp3) is 0. The van der Waals surface area contributed by atoms with Gasteiger partial charge in [0.25, 0.3) is 13.4 Å². The molecule has 0 saturated carbocycles. The topological polar surface area (TPSA) is 23.9 Å². The maximum Gasteiger partial charge on any atom is 0.256 e. The van der Waals surface area contributed by atoms with Crippen LogP contribution in [0.1, 0.15) is 0 Å². The molecular formula is C60H38B2N4O. The predicted molar refractivity (Wildman–Crippen MR) is 281 cm³/mol. The van der Waals surface area contributed by atoms with Crippen molar-refractivity contribution >= 4 is 119 Å². The molecular weight excluding hydrogens is 814 g/mol. The Balaban J connectivity index is 1.04. The van der Waals surface area contributed by atoms with Crippen LogP contribution in [0.3, 0.4) is 0 Å². The summed E-state index contributed by atoms with van der Waals surface area (Å²) in [6.45, 7) is -0.144. The highest BCUT2D eigenvalue weighted by atomic mass is 16.5. The Hall–Kier alpha value is -8.67. The van der Waals surface area contributed by atoms with E-state index in [4.69, 9.17) is 4.74 Å². The molecule has 0 saturated heterocycles. The van der Waals surface area contributed by atoms with Gasteiger partial charge in [-0.1, -0.05) is 133 Å². The lowest BCUT2D eigenvalue weighted by Crippen LogP contribution is -2.64. The number of benzene rings is 10. The van der Waals surface area contributed by atoms with Gasteiger partial charge in [0.2, 0.25) is 0 Å². The Labute approximate surface area is 389 Å². The number of rotatable bonds is 4. The zero-order valence-corrected chi connectivity index (χ0v) is 36.3. The molecule has 0 N–H and O–H groups in total. The van der Waals surface area contributed by atoms with Gasteiger partial charge >= 0.3 is 0 Å². The van der Waals surface area contributed by atoms with Gasteiger partial charge < -0.3 is 24.0 Å². The normalized spacial score (nSPS) is 13.6. The van der Waals surface area contributed by atoms with E-state index in [9.17, 15) is 0 Å². The SMILES string of the molecule is c1ccc(N2c3ccccc3B3c4cc5c(cc4Oc4cccc2c43)N(c2ccccc2)c2cccc3c2B5c2cc4c5ccccc5n(-c5ccccc5)c4cc2N3c2ccccc2)cc1. The van der Waals surface area contributed by atoms with E-state index in [0.717, 1.165) is 45.6 Å². The number of ether oxygens (including phenoxy) is 1. The Morgan fingerprint density at radius 3 is 1.45 bits per heavy atom. The van der Waals surface area contributed by atoms with Gasteiger partial charge in [-0.05, 0) is 124 Å². The van der Waals surface area contributed by atoms with Gasteiger partial charge in [0.15, 0.2) is 0 Å². The molecule has 11 aromatic rings. The summed E-state index contributed by atoms with van der Waals surface area (Å²) in [4.78, 5) is 7.38. The second kappa shape index (κ2) is 13.9. The fourth-order valence-electron chi connectivity index (χ4n) is 11.9. The maximum atomic E-state index is 7.20. The monoisotopic (exact) mass is 852 g/mol. The van der Waals surface area contributed by atoms with E-state index < -0.39 is 0 Å². The number of anilines is 9. The summed E-state index contributed by atoms with van der Waals surface area (Å²) in [6, 6.07) is 84.4. The molecule has 0 aliphatic carbocycles. The lowest BCUT2D eigenvalue weighted by molar-refractivity contribution is 0.488. The first-order valence-corrected chi connectivity index (χ1v) is 23.2. The van der Waals surface area contributed by atoms with Crippen molar-refractivity contribution in [2.75, 3.05) is 14.7 Å². The van der Waals surface area contributed by atoms with E-state index >= 15 is 0 Å². The lowest BCUT2D eigenvalue weighted by atomic mass is 9.30. The van der Waals surface area contributed by atoms with Crippen LogP contribution in [-0.2, 0) is 0 Å². The molecule has 7 heteroatoms. The minimum atomic E-state index is -0.0963. The first-order valence-electron chi connectivity index (χ1n) is 23.2. The van der Waals surface area contributed by atoms with Gasteiger partial charge in [-0.15, -0.1) is 0 Å². The van der Waals surface area contributed by atoms with Crippen LogP contribution in [0.4, 0.5) is 51.2 Å². The highest BCUT2D eigenvalue weighted by Gasteiger charge is 2.47. The van der Waals surface area contributed by atoms with Crippen molar-refractivity contribution in [3.8, 4) is 17.2 Å². The van der Waals surface area contributed by atoms with Gasteiger partial charge in [-0.2, -0.15) is 0 Å². The molecule has 0 amide bonds. The highest BCUT2D eigenvalue weighted by Crippen LogP contribution is 2.47. The van der Waals surface area contributed by atoms with Crippen LogP contribution in [0.5, 0.6) is 11.5 Å². The summed E-state index contributed by atoms with van der Waals surface area (Å²) in [5.41, 5.74) is 21.3. The van der Waals surface area contributed by atoms with Crippen molar-refractivity contribution in [2.45, 2.75) is 0 Å². The minimum absolute atomic E-state index is 0.0477. The number of hydrogen-bond donors (Lipinski definition) is 0. The Morgan fingerprint density at radius 2 is 0.776 bits per heavy atom. The molecule has 5 nitrogen and oxygen atoms in total. The zero-order valence-electron chi connectivity index (χ0n) is 36.3. The number of nitrogens with zero attached hydrogens (tertiary/aromatic N) is 4. The molecule has 0 bridgehead atoms. The van der Waals surface area contributed by atoms with Crippen molar-refractivity contribution in [3.63, 3.8) is 0 Å². The number of para-hydroxylation sites is 6. The smallest absolute Gasteiger partial charge is 0.256 e. The third-order valence-electron chi connectivity index (χ3n) is 14.6. The van der Waals surface area contributed by atoms with Crippen LogP contribution in [0.25, 0.3) is 27.5 Å². The van der Waals surface area contributed by atoms with E-state index in [1.54, 1.807) is 0 Å². The summed E-state index contributed by atoms with van der Waals surface area (Å²) >= 11 is 0. The maximum absolute atomic E-state index is 7.20. The minimum Gasteiger partial charge on any atom is -0.458 e. The van der Waals surface area contributed by atoms with Crippen molar-refractivity contribution in [2.24, 2.45) is 0 Å². The molecule has 4 aliphatic rings. The molecule has 4 aliphatic heterocycles. The van der Waals surface area contributed by atoms with Crippen molar-refractivity contribution in [3.05, 3.63) is 231 Å². The lowest BCUT2D eigenvalue weighted by Gasteiger charge is -2.45. The van der Waals surface area contributed by atoms with Crippen molar-refractivity contribution in [1.29, 1.82) is 0 Å². The van der Waals surface area contributed by atoms with Gasteiger partial charge in [0.1, 0.15) is 11.5 Å². The van der Waals surface area contributed by atoms with E-state index in [1.807, 2.05) is 0 Å². The summed E-state index contributed by atoms with van der Waals surface area (Å²) in [7, 11) is 0. The molecule has 15 rings (SSSR count). The van der Waals surface area contributed by atoms with Gasteiger partial charge in [0.05, 0.1) is 11.0 Å². The molecule has 0 radical (unpaired) electrons. The average molecular weight is 853 g/mol. The van der Waals surface area contributed by atoms with E-state index in [0.29, 0.717) is 0 Å². The van der Waals surface area contributed by atoms with E-state index in [-0.39, 0.29) is 13.4 Å². The van der Waals surface area contributed by atoms with Crippen molar-refractivity contribution in [1.82, 2.24) is 4.57 Å². The molecule has 310 valence electrons. The highest BCUT2D eigenvalue weighted by molar-refractivity contribution is 7.02. The summed E-state index contributed by atoms with van der Waals surface area (Å²) in [5, 5.41) is 2.47. The average Bonchev–Trinajstić information content (AvgIpc) is 3.71. The number of aromatic nitrogens is 1. The van der Waals surface area contributed by atoms with Gasteiger partial charge in [-0.3, -0.25) is 0 Å². The van der Waals surface area contributed by atoms with Crippen molar-refractivity contribution < 1.29 is 4.74 Å². The van der Waals surface area contributed by atoms with Crippen LogP contribution < -0.4 is 52.2 Å². The van der Waals surface area contributed by atoms with Crippen LogP contribution >= 0.6 is 0 Å². The van der Waals surface area contributed by atoms with E-state index in [2.05, 4.69) is 250 Å². The molecule has 0 spiro atoms. The van der Waals surface area contributed by atoms with Crippen LogP contribution in [0.15, 0.2) is 231 Å². The molecule has 0 unspecified atom stereocenters. The summed E-state index contributed by atoms with van der Waals surface area (Å²) in [6.07, 6.45) is 0. The first-order chi connectivity index (χ1) is 33.3. The quantitative estimate of drug-likeness (QED) is 0.165. The third-order valence-corrected chi connectivity index (χ3v) is 14.6. The molecule has 0 fully saturated rings. The molecule has 5 heterocycles. The molecule has 67 heavy (non-hydrogen) atoms. The van der Waals surface area contributed by atoms with Crippen LogP contribution in [0, 0.1) is 0 Å². The summed E-state index contributed by atoms with van der Waals surface area (Å²) < 4.78 is 9.64. The Bertz CT molecular complexity index is 3820. The first kappa shape index (κ1) is 36.6. The Kier molecular flexibility index (Phi) is 7.61. The van der Waals surface area contributed by atoms with Gasteiger partial charge in [0, 0.05) is 73.7 Å². The predicted octanol–water partition coefficient (Wildman–Crippen LogP) is 11.3. The summed E-state index contributed by atoms with van der Waals surface area (Å²) in [5.74, 6) is 1.79. The van der Waals surface area contributed by atoms with Crippen LogP contribution in [0.2, 0.25) is 0 Å². The van der Waals surface area contributed by atoms with Crippen LogP contribution in [-0.4, -0.2) is 18.0 Å². The second-order valence-electron chi connectivity index (χ2n) is 18.0. The van der Waals surface area contributed by atoms with E-state index in [1.165, 1.54) is 77.3 Å². The molecule has 10 aromatic carbocycles. The number of hydrogen-bond acceptors (Lipinski definition) is 4. The zero-order chi connectivity index (χ0) is 43.7. The Morgan fingerprint density at radius 1 is 0.284 bits per heavy atom.